The molecule has 0 bridgehead atoms. The zero-order valence-corrected chi connectivity index (χ0v) is 17.7. The minimum atomic E-state index is -0.707. The molecule has 1 atom stereocenters. The van der Waals surface area contributed by atoms with Crippen LogP contribution < -0.4 is 10.1 Å². The second-order valence-corrected chi connectivity index (χ2v) is 7.66. The van der Waals surface area contributed by atoms with Crippen LogP contribution in [0.25, 0.3) is 0 Å². The largest absolute Gasteiger partial charge is 0.494 e. The number of ether oxygens (including phenoxy) is 2. The topological polar surface area (TPSA) is 47.6 Å². The third-order valence-electron chi connectivity index (χ3n) is 4.91. The Bertz CT molecular complexity index is 682. The Balaban J connectivity index is 1.62. The quantitative estimate of drug-likeness (QED) is 0.367. The fourth-order valence-electron chi connectivity index (χ4n) is 3.18. The van der Waals surface area contributed by atoms with Gasteiger partial charge in [-0.15, -0.1) is 0 Å². The number of benzene rings is 1. The van der Waals surface area contributed by atoms with Crippen molar-refractivity contribution in [2.45, 2.75) is 71.6 Å². The monoisotopic (exact) mass is 403 g/mol. The molecular formula is C24H34FNO3. The lowest BCUT2D eigenvalue weighted by Crippen LogP contribution is -2.15. The molecule has 0 spiro atoms. The van der Waals surface area contributed by atoms with Crippen LogP contribution in [0.2, 0.25) is 0 Å². The fraction of sp³-hybridized carbons (Fsp3) is 0.542. The zero-order chi connectivity index (χ0) is 20.9. The molecule has 0 radical (unpaired) electrons. The second kappa shape index (κ2) is 13.0. The summed E-state index contributed by atoms with van der Waals surface area (Å²) in [6, 6.07) is 7.10. The number of anilines is 1. The van der Waals surface area contributed by atoms with Gasteiger partial charge in [0.25, 0.3) is 0 Å². The van der Waals surface area contributed by atoms with E-state index in [1.165, 1.54) is 51.0 Å². The number of rotatable bonds is 12. The summed E-state index contributed by atoms with van der Waals surface area (Å²) >= 11 is 0. The Morgan fingerprint density at radius 2 is 1.72 bits per heavy atom. The van der Waals surface area contributed by atoms with Crippen LogP contribution in [0.15, 0.2) is 48.0 Å². The van der Waals surface area contributed by atoms with Crippen molar-refractivity contribution in [1.29, 1.82) is 0 Å². The highest BCUT2D eigenvalue weighted by atomic mass is 19.1. The molecule has 0 saturated carbocycles. The van der Waals surface area contributed by atoms with Crippen molar-refractivity contribution in [3.8, 4) is 5.75 Å². The first-order valence-electron chi connectivity index (χ1n) is 10.9. The highest BCUT2D eigenvalue weighted by molar-refractivity contribution is 5.85. The molecule has 29 heavy (non-hydrogen) atoms. The van der Waals surface area contributed by atoms with Crippen molar-refractivity contribution < 1.29 is 18.7 Å². The molecule has 0 fully saturated rings. The van der Waals surface area contributed by atoms with Crippen LogP contribution in [0.1, 0.15) is 71.6 Å². The summed E-state index contributed by atoms with van der Waals surface area (Å²) in [6.45, 7) is 4.84. The number of nitrogens with one attached hydrogen (secondary N) is 1. The van der Waals surface area contributed by atoms with Crippen molar-refractivity contribution in [3.63, 3.8) is 0 Å². The van der Waals surface area contributed by atoms with Gasteiger partial charge in [-0.2, -0.15) is 0 Å². The maximum atomic E-state index is 13.8. The Morgan fingerprint density at radius 1 is 1.07 bits per heavy atom. The number of carbonyl (C=O) groups excluding carboxylic acids is 1. The van der Waals surface area contributed by atoms with Crippen LogP contribution in [-0.2, 0) is 4.74 Å². The normalized spacial score (nSPS) is 16.0. The molecule has 0 saturated heterocycles. The number of unbranched alkanes of at least 4 members (excludes halogenated alkanes) is 7. The number of allylic oxidation sites excluding steroid dienone is 3. The lowest BCUT2D eigenvalue weighted by molar-refractivity contribution is 0.189. The summed E-state index contributed by atoms with van der Waals surface area (Å²) < 4.78 is 24.6. The Kier molecular flexibility index (Phi) is 10.3. The van der Waals surface area contributed by atoms with E-state index in [1.54, 1.807) is 18.2 Å². The van der Waals surface area contributed by atoms with Gasteiger partial charge in [-0.05, 0) is 55.2 Å². The van der Waals surface area contributed by atoms with E-state index in [0.717, 1.165) is 12.2 Å². The number of carbonyl (C=O) groups is 1. The van der Waals surface area contributed by atoms with Gasteiger partial charge >= 0.3 is 6.09 Å². The lowest BCUT2D eigenvalue weighted by Gasteiger charge is -2.14. The summed E-state index contributed by atoms with van der Waals surface area (Å²) in [5, 5.41) is 2.60. The van der Waals surface area contributed by atoms with Crippen molar-refractivity contribution in [2.24, 2.45) is 5.92 Å². The minimum Gasteiger partial charge on any atom is -0.494 e. The smallest absolute Gasteiger partial charge is 0.417 e. The van der Waals surface area contributed by atoms with Gasteiger partial charge in [0.15, 0.2) is 11.6 Å². The summed E-state index contributed by atoms with van der Waals surface area (Å²) in [6.07, 6.45) is 13.1. The molecule has 160 valence electrons. The molecule has 1 aliphatic carbocycles. The first-order chi connectivity index (χ1) is 14.1. The minimum absolute atomic E-state index is 0.0223. The van der Waals surface area contributed by atoms with Crippen LogP contribution in [0.3, 0.4) is 0 Å². The van der Waals surface area contributed by atoms with E-state index in [0.29, 0.717) is 18.7 Å². The van der Waals surface area contributed by atoms with Gasteiger partial charge in [-0.1, -0.05) is 58.8 Å². The highest BCUT2D eigenvalue weighted by Gasteiger charge is 2.17. The molecule has 1 aliphatic rings. The molecule has 1 aromatic carbocycles. The molecule has 0 aliphatic heterocycles. The van der Waals surface area contributed by atoms with Crippen LogP contribution in [0.4, 0.5) is 14.9 Å². The summed E-state index contributed by atoms with van der Waals surface area (Å²) in [4.78, 5) is 11.9. The standard InChI is InChI=1S/C24H34FNO3/c1-3-4-5-6-7-8-9-10-17-28-21-14-12-20(13-15-21)26-24(27)29-23-16-11-19(2)18-22(23)25/h12-16,18-19H,3-11,17H2,1-2H3,(H,26,27). The molecule has 1 unspecified atom stereocenters. The van der Waals surface area contributed by atoms with E-state index in [2.05, 4.69) is 12.2 Å². The van der Waals surface area contributed by atoms with Gasteiger partial charge in [-0.25, -0.2) is 9.18 Å². The first-order valence-corrected chi connectivity index (χ1v) is 10.9. The fourth-order valence-corrected chi connectivity index (χ4v) is 3.18. The molecule has 0 aromatic heterocycles. The predicted octanol–water partition coefficient (Wildman–Crippen LogP) is 7.53. The van der Waals surface area contributed by atoms with E-state index in [1.807, 2.05) is 19.1 Å². The van der Waals surface area contributed by atoms with Crippen LogP contribution in [0, 0.1) is 5.92 Å². The average Bonchev–Trinajstić information content (AvgIpc) is 2.70. The summed E-state index contributed by atoms with van der Waals surface area (Å²) in [7, 11) is 0. The SMILES string of the molecule is CCCCCCCCCCOc1ccc(NC(=O)OC2=CCC(C)C=C2F)cc1. The Morgan fingerprint density at radius 3 is 2.38 bits per heavy atom. The molecule has 0 heterocycles. The molecule has 2 rings (SSSR count). The van der Waals surface area contributed by atoms with Crippen LogP contribution in [-0.4, -0.2) is 12.7 Å². The van der Waals surface area contributed by atoms with E-state index in [9.17, 15) is 9.18 Å². The van der Waals surface area contributed by atoms with Gasteiger partial charge in [0, 0.05) is 5.69 Å². The number of hydrogen-bond acceptors (Lipinski definition) is 3. The van der Waals surface area contributed by atoms with Gasteiger partial charge in [0.1, 0.15) is 5.75 Å². The van der Waals surface area contributed by atoms with E-state index >= 15 is 0 Å². The van der Waals surface area contributed by atoms with Gasteiger partial charge < -0.3 is 9.47 Å². The molecule has 1 aromatic rings. The first kappa shape index (κ1) is 23.0. The van der Waals surface area contributed by atoms with E-state index in [4.69, 9.17) is 9.47 Å². The van der Waals surface area contributed by atoms with Gasteiger partial charge in [-0.3, -0.25) is 5.32 Å². The molecule has 5 heteroatoms. The maximum absolute atomic E-state index is 13.8. The second-order valence-electron chi connectivity index (χ2n) is 7.66. The van der Waals surface area contributed by atoms with Gasteiger partial charge in [0.2, 0.25) is 0 Å². The van der Waals surface area contributed by atoms with Crippen molar-refractivity contribution >= 4 is 11.8 Å². The van der Waals surface area contributed by atoms with Crippen LogP contribution in [0.5, 0.6) is 5.75 Å². The Labute approximate surface area is 174 Å². The third kappa shape index (κ3) is 9.16. The number of amides is 1. The zero-order valence-electron chi connectivity index (χ0n) is 17.7. The van der Waals surface area contributed by atoms with E-state index < -0.39 is 11.9 Å². The third-order valence-corrected chi connectivity index (χ3v) is 4.91. The molecule has 4 nitrogen and oxygen atoms in total. The predicted molar refractivity (Wildman–Crippen MR) is 116 cm³/mol. The maximum Gasteiger partial charge on any atom is 0.417 e. The number of hydrogen-bond donors (Lipinski definition) is 1. The van der Waals surface area contributed by atoms with Gasteiger partial charge in [0.05, 0.1) is 6.61 Å². The highest BCUT2D eigenvalue weighted by Crippen LogP contribution is 2.25. The molecular weight excluding hydrogens is 369 g/mol. The van der Waals surface area contributed by atoms with Crippen molar-refractivity contribution in [1.82, 2.24) is 0 Å². The average molecular weight is 404 g/mol. The van der Waals surface area contributed by atoms with Crippen molar-refractivity contribution in [3.05, 3.63) is 48.0 Å². The lowest BCUT2D eigenvalue weighted by atomic mass is 10.0. The summed E-state index contributed by atoms with van der Waals surface area (Å²) in [5.41, 5.74) is 0.573. The summed E-state index contributed by atoms with van der Waals surface area (Å²) in [5.74, 6) is 0.364. The van der Waals surface area contributed by atoms with Crippen LogP contribution >= 0.6 is 0 Å². The Hall–Kier alpha value is -2.30. The molecule has 1 N–H and O–H groups in total. The number of halogens is 1. The van der Waals surface area contributed by atoms with E-state index in [-0.39, 0.29) is 11.7 Å². The molecule has 1 amide bonds. The van der Waals surface area contributed by atoms with Crippen molar-refractivity contribution in [2.75, 3.05) is 11.9 Å².